The highest BCUT2D eigenvalue weighted by atomic mass is 19.2. The van der Waals surface area contributed by atoms with Crippen molar-refractivity contribution >= 4 is 23.3 Å². The minimum atomic E-state index is -1.37. The van der Waals surface area contributed by atoms with Gasteiger partial charge in [-0.3, -0.25) is 9.59 Å². The third-order valence-electron chi connectivity index (χ3n) is 7.41. The van der Waals surface area contributed by atoms with Crippen LogP contribution in [0.25, 0.3) is 0 Å². The van der Waals surface area contributed by atoms with Gasteiger partial charge in [-0.1, -0.05) is 30.3 Å². The van der Waals surface area contributed by atoms with Gasteiger partial charge >= 0.3 is 0 Å². The fourth-order valence-corrected chi connectivity index (χ4v) is 5.55. The first kappa shape index (κ1) is 29.3. The molecular weight excluding hydrogens is 549 g/mol. The predicted molar refractivity (Wildman–Crippen MR) is 150 cm³/mol. The zero-order valence-corrected chi connectivity index (χ0v) is 23.1. The van der Waals surface area contributed by atoms with Crippen LogP contribution in [0.15, 0.2) is 71.7 Å². The van der Waals surface area contributed by atoms with E-state index in [1.807, 2.05) is 30.9 Å². The number of carbonyl (C=O) groups is 2. The van der Waals surface area contributed by atoms with Crippen LogP contribution in [-0.2, 0) is 14.3 Å². The Morgan fingerprint density at radius 2 is 1.69 bits per heavy atom. The Bertz CT molecular complexity index is 1490. The molecule has 1 saturated heterocycles. The number of benzene rings is 3. The molecule has 5 atom stereocenters. The average molecular weight is 581 g/mol. The quantitative estimate of drug-likeness (QED) is 0.410. The second-order valence-corrected chi connectivity index (χ2v) is 10.6. The van der Waals surface area contributed by atoms with Crippen LogP contribution in [0.3, 0.4) is 0 Å². The van der Waals surface area contributed by atoms with Crippen molar-refractivity contribution in [3.8, 4) is 0 Å². The van der Waals surface area contributed by atoms with Gasteiger partial charge < -0.3 is 25.4 Å². The standard InChI is InChI=1S/C31H31F3N4O4/c1-17-14-38(15-18(2)42-17)29-22-5-3-4-6-26(22)35-31(41)28(36-29)37-30(40)27(19-7-10-21(32)11-8-19)23(16-39)20-9-12-24(33)25(34)13-20/h3-13,17-18,23,27-28,39H,14-16H2,1-2H3,(H,35,41)(H,37,40)/t17?,18?,23-,27+,28?/m0/s1. The highest BCUT2D eigenvalue weighted by Crippen LogP contribution is 2.34. The first-order valence-corrected chi connectivity index (χ1v) is 13.6. The van der Waals surface area contributed by atoms with Crippen LogP contribution in [0.5, 0.6) is 0 Å². The van der Waals surface area contributed by atoms with E-state index >= 15 is 0 Å². The van der Waals surface area contributed by atoms with E-state index in [9.17, 15) is 27.9 Å². The van der Waals surface area contributed by atoms with Crippen molar-refractivity contribution in [2.45, 2.75) is 44.1 Å². The van der Waals surface area contributed by atoms with Crippen LogP contribution in [-0.4, -0.2) is 65.7 Å². The Balaban J connectivity index is 1.53. The Morgan fingerprint density at radius 1 is 1.02 bits per heavy atom. The first-order valence-electron chi connectivity index (χ1n) is 13.6. The van der Waals surface area contributed by atoms with E-state index in [-0.39, 0.29) is 17.8 Å². The van der Waals surface area contributed by atoms with Crippen molar-refractivity contribution in [3.63, 3.8) is 0 Å². The number of amides is 2. The summed E-state index contributed by atoms with van der Waals surface area (Å²) < 4.78 is 47.6. The molecule has 2 amide bonds. The topological polar surface area (TPSA) is 103 Å². The molecule has 8 nitrogen and oxygen atoms in total. The zero-order valence-electron chi connectivity index (χ0n) is 23.1. The molecule has 220 valence electrons. The molecule has 0 saturated carbocycles. The summed E-state index contributed by atoms with van der Waals surface area (Å²) in [5.41, 5.74) is 1.65. The molecule has 5 rings (SSSR count). The van der Waals surface area contributed by atoms with Crippen LogP contribution >= 0.6 is 0 Å². The summed E-state index contributed by atoms with van der Waals surface area (Å²) >= 11 is 0. The second kappa shape index (κ2) is 12.3. The number of aliphatic hydroxyl groups is 1. The molecule has 1 fully saturated rings. The van der Waals surface area contributed by atoms with E-state index in [2.05, 4.69) is 10.6 Å². The summed E-state index contributed by atoms with van der Waals surface area (Å²) in [5, 5.41) is 15.9. The molecule has 0 aromatic heterocycles. The number of hydrogen-bond acceptors (Lipinski definition) is 6. The van der Waals surface area contributed by atoms with Gasteiger partial charge in [0.25, 0.3) is 5.91 Å². The number of para-hydroxylation sites is 1. The summed E-state index contributed by atoms with van der Waals surface area (Å²) in [7, 11) is 0. The molecule has 3 unspecified atom stereocenters. The number of ether oxygens (including phenoxy) is 1. The van der Waals surface area contributed by atoms with Crippen LogP contribution in [0, 0.1) is 17.5 Å². The fourth-order valence-electron chi connectivity index (χ4n) is 5.55. The van der Waals surface area contributed by atoms with Gasteiger partial charge in [-0.15, -0.1) is 0 Å². The number of aliphatic imine (C=N–C) groups is 1. The number of carbonyl (C=O) groups excluding carboxylic acids is 2. The number of hydrogen-bond donors (Lipinski definition) is 3. The SMILES string of the molecule is CC1CN(C2=NC(NC(=O)[C@H](c3ccc(F)cc3)[C@@H](CO)c3ccc(F)c(F)c3)C(=O)Nc3ccccc32)CC(C)O1. The number of rotatable bonds is 6. The number of morpholine rings is 1. The van der Waals surface area contributed by atoms with Crippen LogP contribution in [0.2, 0.25) is 0 Å². The van der Waals surface area contributed by atoms with E-state index in [1.165, 1.54) is 18.2 Å². The lowest BCUT2D eigenvalue weighted by Crippen LogP contribution is -2.50. The van der Waals surface area contributed by atoms with Crippen molar-refractivity contribution in [3.05, 3.63) is 101 Å². The van der Waals surface area contributed by atoms with Crippen LogP contribution < -0.4 is 10.6 Å². The van der Waals surface area contributed by atoms with Crippen molar-refractivity contribution in [2.24, 2.45) is 4.99 Å². The maximum absolute atomic E-state index is 14.2. The molecule has 2 aliphatic rings. The normalized spacial score (nSPS) is 21.9. The molecule has 0 aliphatic carbocycles. The zero-order chi connectivity index (χ0) is 30.0. The van der Waals surface area contributed by atoms with Gasteiger partial charge in [0, 0.05) is 24.6 Å². The van der Waals surface area contributed by atoms with E-state index in [1.54, 1.807) is 12.1 Å². The number of anilines is 1. The Morgan fingerprint density at radius 3 is 2.36 bits per heavy atom. The third kappa shape index (κ3) is 6.17. The van der Waals surface area contributed by atoms with Crippen molar-refractivity contribution in [1.82, 2.24) is 10.2 Å². The molecule has 2 heterocycles. The monoisotopic (exact) mass is 580 g/mol. The highest BCUT2D eigenvalue weighted by molar-refractivity contribution is 6.11. The number of amidine groups is 1. The molecular formula is C31H31F3N4O4. The Labute approximate surface area is 241 Å². The molecule has 0 bridgehead atoms. The number of halogens is 3. The van der Waals surface area contributed by atoms with Crippen molar-refractivity contribution in [1.29, 1.82) is 0 Å². The first-order chi connectivity index (χ1) is 20.1. The predicted octanol–water partition coefficient (Wildman–Crippen LogP) is 3.91. The molecule has 11 heteroatoms. The van der Waals surface area contributed by atoms with E-state index in [0.717, 1.165) is 24.3 Å². The van der Waals surface area contributed by atoms with Gasteiger partial charge in [0.15, 0.2) is 11.6 Å². The Kier molecular flexibility index (Phi) is 8.60. The average Bonchev–Trinajstić information content (AvgIpc) is 3.09. The van der Waals surface area contributed by atoms with Gasteiger partial charge in [0.1, 0.15) is 11.7 Å². The van der Waals surface area contributed by atoms with Gasteiger partial charge in [-0.2, -0.15) is 0 Å². The highest BCUT2D eigenvalue weighted by Gasteiger charge is 2.36. The molecule has 2 aliphatic heterocycles. The molecule has 0 radical (unpaired) electrons. The van der Waals surface area contributed by atoms with Crippen molar-refractivity contribution in [2.75, 3.05) is 25.0 Å². The van der Waals surface area contributed by atoms with Crippen LogP contribution in [0.1, 0.15) is 42.4 Å². The van der Waals surface area contributed by atoms with Gasteiger partial charge in [-0.25, -0.2) is 18.2 Å². The third-order valence-corrected chi connectivity index (χ3v) is 7.41. The van der Waals surface area contributed by atoms with E-state index < -0.39 is 53.9 Å². The maximum atomic E-state index is 14.2. The van der Waals surface area contributed by atoms with E-state index in [4.69, 9.17) is 9.73 Å². The smallest absolute Gasteiger partial charge is 0.269 e. The summed E-state index contributed by atoms with van der Waals surface area (Å²) in [5.74, 6) is -5.85. The summed E-state index contributed by atoms with van der Waals surface area (Å²) in [6.07, 6.45) is -1.58. The fraction of sp³-hybridized carbons (Fsp3) is 0.323. The van der Waals surface area contributed by atoms with Crippen molar-refractivity contribution < 1.29 is 32.6 Å². The largest absolute Gasteiger partial charge is 0.396 e. The summed E-state index contributed by atoms with van der Waals surface area (Å²) in [6, 6.07) is 15.3. The lowest BCUT2D eigenvalue weighted by Gasteiger charge is -2.37. The number of nitrogens with zero attached hydrogens (tertiary/aromatic N) is 2. The Hall–Kier alpha value is -4.22. The van der Waals surface area contributed by atoms with Gasteiger partial charge in [0.2, 0.25) is 12.1 Å². The minimum absolute atomic E-state index is 0.104. The number of nitrogens with one attached hydrogen (secondary N) is 2. The number of aliphatic hydroxyl groups excluding tert-OH is 1. The molecule has 3 aromatic carbocycles. The number of fused-ring (bicyclic) bond motifs is 1. The molecule has 42 heavy (non-hydrogen) atoms. The molecule has 3 aromatic rings. The maximum Gasteiger partial charge on any atom is 0.269 e. The van der Waals surface area contributed by atoms with Crippen LogP contribution in [0.4, 0.5) is 18.9 Å². The van der Waals surface area contributed by atoms with Gasteiger partial charge in [0.05, 0.1) is 30.4 Å². The lowest BCUT2D eigenvalue weighted by molar-refractivity contribution is -0.128. The number of benzodiazepines with no additional fused rings is 1. The van der Waals surface area contributed by atoms with Gasteiger partial charge in [-0.05, 0) is 61.4 Å². The lowest BCUT2D eigenvalue weighted by atomic mass is 9.81. The molecule has 3 N–H and O–H groups in total. The second-order valence-electron chi connectivity index (χ2n) is 10.6. The minimum Gasteiger partial charge on any atom is -0.396 e. The summed E-state index contributed by atoms with van der Waals surface area (Å²) in [4.78, 5) is 34.1. The van der Waals surface area contributed by atoms with E-state index in [0.29, 0.717) is 35.7 Å². The summed E-state index contributed by atoms with van der Waals surface area (Å²) in [6.45, 7) is 4.27. The molecule has 0 spiro atoms.